The first kappa shape index (κ1) is 16.1. The highest BCUT2D eigenvalue weighted by molar-refractivity contribution is 5.89. The van der Waals surface area contributed by atoms with Crippen LogP contribution in [0.3, 0.4) is 0 Å². The van der Waals surface area contributed by atoms with Gasteiger partial charge in [0, 0.05) is 18.4 Å². The molecule has 1 aromatic carbocycles. The minimum Gasteiger partial charge on any atom is -0.486 e. The predicted octanol–water partition coefficient (Wildman–Crippen LogP) is 2.30. The van der Waals surface area contributed by atoms with Gasteiger partial charge in [0.05, 0.1) is 25.0 Å². The molecule has 3 aromatic rings. The SMILES string of the molecule is O=C(Nc1ccccc1)N1CCn2nnc(COc3cccnc3)c2C1. The summed E-state index contributed by atoms with van der Waals surface area (Å²) in [4.78, 5) is 18.3. The van der Waals surface area contributed by atoms with Crippen LogP contribution in [0.1, 0.15) is 11.4 Å². The number of fused-ring (bicyclic) bond motifs is 1. The number of hydrogen-bond donors (Lipinski definition) is 1. The van der Waals surface area contributed by atoms with Gasteiger partial charge in [-0.15, -0.1) is 5.10 Å². The van der Waals surface area contributed by atoms with Crippen molar-refractivity contribution in [3.63, 3.8) is 0 Å². The summed E-state index contributed by atoms with van der Waals surface area (Å²) in [5, 5.41) is 11.3. The maximum atomic E-state index is 12.5. The highest BCUT2D eigenvalue weighted by Crippen LogP contribution is 2.18. The summed E-state index contributed by atoms with van der Waals surface area (Å²) in [5.74, 6) is 0.670. The van der Waals surface area contributed by atoms with E-state index in [0.717, 1.165) is 17.1 Å². The molecule has 0 spiro atoms. The monoisotopic (exact) mass is 350 g/mol. The van der Waals surface area contributed by atoms with Gasteiger partial charge in [0.1, 0.15) is 18.1 Å². The first-order valence-electron chi connectivity index (χ1n) is 8.34. The van der Waals surface area contributed by atoms with E-state index in [0.29, 0.717) is 25.4 Å². The van der Waals surface area contributed by atoms with Gasteiger partial charge < -0.3 is 15.0 Å². The van der Waals surface area contributed by atoms with Crippen molar-refractivity contribution >= 4 is 11.7 Å². The molecule has 4 rings (SSSR count). The van der Waals surface area contributed by atoms with Crippen LogP contribution in [0, 0.1) is 0 Å². The van der Waals surface area contributed by atoms with Crippen LogP contribution in [0.5, 0.6) is 5.75 Å². The standard InChI is InChI=1S/C18H18N6O2/c25-18(20-14-5-2-1-3-6-14)23-9-10-24-17(12-23)16(21-22-24)13-26-15-7-4-8-19-11-15/h1-8,11H,9-10,12-13H2,(H,20,25). The van der Waals surface area contributed by atoms with Crippen LogP contribution in [0.4, 0.5) is 10.5 Å². The lowest BCUT2D eigenvalue weighted by Crippen LogP contribution is -2.41. The molecular weight excluding hydrogens is 332 g/mol. The smallest absolute Gasteiger partial charge is 0.322 e. The number of rotatable bonds is 4. The summed E-state index contributed by atoms with van der Waals surface area (Å²) in [6.07, 6.45) is 3.34. The average molecular weight is 350 g/mol. The largest absolute Gasteiger partial charge is 0.486 e. The summed E-state index contributed by atoms with van der Waals surface area (Å²) < 4.78 is 7.54. The molecule has 0 atom stereocenters. The Labute approximate surface area is 150 Å². The van der Waals surface area contributed by atoms with E-state index in [1.54, 1.807) is 17.3 Å². The fourth-order valence-electron chi connectivity index (χ4n) is 2.79. The maximum absolute atomic E-state index is 12.5. The van der Waals surface area contributed by atoms with Gasteiger partial charge in [-0.2, -0.15) is 0 Å². The number of amides is 2. The highest BCUT2D eigenvalue weighted by atomic mass is 16.5. The van der Waals surface area contributed by atoms with E-state index in [1.807, 2.05) is 47.1 Å². The third kappa shape index (κ3) is 3.49. The molecule has 0 aliphatic carbocycles. The van der Waals surface area contributed by atoms with Crippen molar-refractivity contribution in [3.8, 4) is 5.75 Å². The fourth-order valence-corrected chi connectivity index (χ4v) is 2.79. The number of ether oxygens (including phenoxy) is 1. The quantitative estimate of drug-likeness (QED) is 0.780. The van der Waals surface area contributed by atoms with Gasteiger partial charge in [0.25, 0.3) is 0 Å². The van der Waals surface area contributed by atoms with E-state index >= 15 is 0 Å². The van der Waals surface area contributed by atoms with Gasteiger partial charge in [-0.25, -0.2) is 9.48 Å². The summed E-state index contributed by atoms with van der Waals surface area (Å²) in [6, 6.07) is 12.9. The third-order valence-corrected chi connectivity index (χ3v) is 4.16. The van der Waals surface area contributed by atoms with Gasteiger partial charge in [-0.1, -0.05) is 23.4 Å². The van der Waals surface area contributed by atoms with Crippen LogP contribution >= 0.6 is 0 Å². The molecule has 1 N–H and O–H groups in total. The van der Waals surface area contributed by atoms with Crippen molar-refractivity contribution in [3.05, 3.63) is 66.2 Å². The Kier molecular flexibility index (Phi) is 4.46. The Morgan fingerprint density at radius 2 is 2.04 bits per heavy atom. The number of nitrogens with zero attached hydrogens (tertiary/aromatic N) is 5. The number of pyridine rings is 1. The first-order valence-corrected chi connectivity index (χ1v) is 8.34. The number of carbonyl (C=O) groups is 1. The molecule has 2 amide bonds. The number of urea groups is 1. The highest BCUT2D eigenvalue weighted by Gasteiger charge is 2.25. The Hall–Kier alpha value is -3.42. The number of nitrogens with one attached hydrogen (secondary N) is 1. The van der Waals surface area contributed by atoms with Gasteiger partial charge in [-0.3, -0.25) is 4.98 Å². The number of anilines is 1. The number of para-hydroxylation sites is 1. The molecular formula is C18H18N6O2. The molecule has 2 aromatic heterocycles. The summed E-state index contributed by atoms with van der Waals surface area (Å²) in [6.45, 7) is 1.92. The Bertz CT molecular complexity index is 881. The zero-order chi connectivity index (χ0) is 17.8. The molecule has 3 heterocycles. The number of hydrogen-bond acceptors (Lipinski definition) is 5. The Morgan fingerprint density at radius 3 is 2.85 bits per heavy atom. The second-order valence-corrected chi connectivity index (χ2v) is 5.90. The average Bonchev–Trinajstić information content (AvgIpc) is 3.10. The van der Waals surface area contributed by atoms with E-state index in [9.17, 15) is 4.79 Å². The van der Waals surface area contributed by atoms with E-state index in [1.165, 1.54) is 0 Å². The van der Waals surface area contributed by atoms with Crippen LogP contribution in [-0.4, -0.2) is 37.5 Å². The minimum absolute atomic E-state index is 0.136. The van der Waals surface area contributed by atoms with Crippen molar-refractivity contribution in [2.24, 2.45) is 0 Å². The van der Waals surface area contributed by atoms with E-state index < -0.39 is 0 Å². The van der Waals surface area contributed by atoms with Crippen LogP contribution in [0.15, 0.2) is 54.9 Å². The Balaban J connectivity index is 1.42. The lowest BCUT2D eigenvalue weighted by atomic mass is 10.2. The molecule has 0 radical (unpaired) electrons. The van der Waals surface area contributed by atoms with Crippen molar-refractivity contribution in [1.82, 2.24) is 24.9 Å². The molecule has 26 heavy (non-hydrogen) atoms. The number of aromatic nitrogens is 4. The van der Waals surface area contributed by atoms with Crippen LogP contribution < -0.4 is 10.1 Å². The van der Waals surface area contributed by atoms with Gasteiger partial charge in [0.2, 0.25) is 0 Å². The van der Waals surface area contributed by atoms with Gasteiger partial charge in [-0.05, 0) is 24.3 Å². The lowest BCUT2D eigenvalue weighted by molar-refractivity contribution is 0.193. The summed E-state index contributed by atoms with van der Waals surface area (Å²) >= 11 is 0. The second kappa shape index (κ2) is 7.22. The molecule has 0 fully saturated rings. The van der Waals surface area contributed by atoms with E-state index in [4.69, 9.17) is 4.74 Å². The number of carbonyl (C=O) groups excluding carboxylic acids is 1. The molecule has 1 aliphatic heterocycles. The maximum Gasteiger partial charge on any atom is 0.322 e. The van der Waals surface area contributed by atoms with E-state index in [-0.39, 0.29) is 12.6 Å². The molecule has 1 aliphatic rings. The zero-order valence-electron chi connectivity index (χ0n) is 14.1. The first-order chi connectivity index (χ1) is 12.8. The molecule has 0 bridgehead atoms. The molecule has 132 valence electrons. The third-order valence-electron chi connectivity index (χ3n) is 4.16. The minimum atomic E-state index is -0.136. The molecule has 0 unspecified atom stereocenters. The van der Waals surface area contributed by atoms with Crippen molar-refractivity contribution in [2.75, 3.05) is 11.9 Å². The molecule has 0 saturated carbocycles. The van der Waals surface area contributed by atoms with Crippen LogP contribution in [0.25, 0.3) is 0 Å². The molecule has 8 heteroatoms. The van der Waals surface area contributed by atoms with Crippen molar-refractivity contribution in [2.45, 2.75) is 19.7 Å². The molecule has 0 saturated heterocycles. The predicted molar refractivity (Wildman–Crippen MR) is 94.5 cm³/mol. The van der Waals surface area contributed by atoms with Crippen LogP contribution in [-0.2, 0) is 19.7 Å². The summed E-state index contributed by atoms with van der Waals surface area (Å²) in [7, 11) is 0. The van der Waals surface area contributed by atoms with Crippen molar-refractivity contribution in [1.29, 1.82) is 0 Å². The normalized spacial score (nSPS) is 13.2. The second-order valence-electron chi connectivity index (χ2n) is 5.90. The van der Waals surface area contributed by atoms with Crippen molar-refractivity contribution < 1.29 is 9.53 Å². The molecule has 8 nitrogen and oxygen atoms in total. The fraction of sp³-hybridized carbons (Fsp3) is 0.222. The lowest BCUT2D eigenvalue weighted by Gasteiger charge is -2.27. The van der Waals surface area contributed by atoms with E-state index in [2.05, 4.69) is 20.6 Å². The topological polar surface area (TPSA) is 85.2 Å². The Morgan fingerprint density at radius 1 is 1.15 bits per heavy atom. The summed E-state index contributed by atoms with van der Waals surface area (Å²) in [5.41, 5.74) is 2.39. The van der Waals surface area contributed by atoms with Gasteiger partial charge >= 0.3 is 6.03 Å². The van der Waals surface area contributed by atoms with Crippen LogP contribution in [0.2, 0.25) is 0 Å². The van der Waals surface area contributed by atoms with Gasteiger partial charge in [0.15, 0.2) is 0 Å². The zero-order valence-corrected chi connectivity index (χ0v) is 14.1. The number of benzene rings is 1.